The van der Waals surface area contributed by atoms with E-state index in [4.69, 9.17) is 20.9 Å². The van der Waals surface area contributed by atoms with Crippen LogP contribution in [0.25, 0.3) is 11.3 Å². The van der Waals surface area contributed by atoms with Crippen molar-refractivity contribution in [3.05, 3.63) is 70.9 Å². The van der Waals surface area contributed by atoms with E-state index >= 15 is 0 Å². The standard InChI is InChI=1S/C25H28ClN3O3/c1-31-19-12-10-18(11-13-19)24-16-22(28-32-24)25(30)27-17-23(20-8-4-5-9-21(20)26)29-14-6-2-3-7-15-29/h4-5,8-13,16,23H,2-3,6-7,14-15,17H2,1H3,(H,27,30)/t23-/m1/s1. The van der Waals surface area contributed by atoms with Crippen molar-refractivity contribution in [2.45, 2.75) is 31.7 Å². The van der Waals surface area contributed by atoms with E-state index in [0.717, 1.165) is 47.8 Å². The number of methoxy groups -OCH3 is 1. The lowest BCUT2D eigenvalue weighted by atomic mass is 10.0. The molecule has 1 N–H and O–H groups in total. The van der Waals surface area contributed by atoms with Gasteiger partial charge in [0.2, 0.25) is 0 Å². The number of ether oxygens (including phenoxy) is 1. The molecule has 1 amide bonds. The first kappa shape index (κ1) is 22.4. The van der Waals surface area contributed by atoms with Gasteiger partial charge in [0.1, 0.15) is 5.75 Å². The Morgan fingerprint density at radius 2 is 1.84 bits per heavy atom. The van der Waals surface area contributed by atoms with E-state index in [0.29, 0.717) is 12.3 Å². The molecule has 2 heterocycles. The van der Waals surface area contributed by atoms with Crippen LogP contribution in [0.2, 0.25) is 5.02 Å². The van der Waals surface area contributed by atoms with Gasteiger partial charge in [0, 0.05) is 23.2 Å². The molecule has 0 spiro atoms. The average Bonchev–Trinajstić information content (AvgIpc) is 3.17. The fourth-order valence-corrected chi connectivity index (χ4v) is 4.40. The summed E-state index contributed by atoms with van der Waals surface area (Å²) in [6, 6.07) is 17.0. The molecule has 1 aliphatic rings. The van der Waals surface area contributed by atoms with Crippen LogP contribution in [-0.4, -0.2) is 42.7 Å². The number of carbonyl (C=O) groups excluding carboxylic acids is 1. The second kappa shape index (κ2) is 10.7. The van der Waals surface area contributed by atoms with Gasteiger partial charge in [-0.1, -0.05) is 47.8 Å². The maximum Gasteiger partial charge on any atom is 0.273 e. The molecule has 6 nitrogen and oxygen atoms in total. The van der Waals surface area contributed by atoms with E-state index in [1.807, 2.05) is 48.5 Å². The number of rotatable bonds is 7. The molecule has 0 unspecified atom stereocenters. The van der Waals surface area contributed by atoms with Crippen LogP contribution in [0.4, 0.5) is 0 Å². The lowest BCUT2D eigenvalue weighted by Gasteiger charge is -2.31. The molecule has 3 aromatic rings. The summed E-state index contributed by atoms with van der Waals surface area (Å²) in [4.78, 5) is 15.3. The summed E-state index contributed by atoms with van der Waals surface area (Å²) in [5.41, 5.74) is 2.12. The Morgan fingerprint density at radius 1 is 1.12 bits per heavy atom. The van der Waals surface area contributed by atoms with Crippen LogP contribution in [0.15, 0.2) is 59.1 Å². The number of nitrogens with zero attached hydrogens (tertiary/aromatic N) is 2. The summed E-state index contributed by atoms with van der Waals surface area (Å²) < 4.78 is 10.6. The lowest BCUT2D eigenvalue weighted by Crippen LogP contribution is -2.39. The monoisotopic (exact) mass is 453 g/mol. The Hall–Kier alpha value is -2.83. The Balaban J connectivity index is 1.47. The summed E-state index contributed by atoms with van der Waals surface area (Å²) in [5.74, 6) is 1.03. The van der Waals surface area contributed by atoms with E-state index in [-0.39, 0.29) is 17.6 Å². The Morgan fingerprint density at radius 3 is 2.53 bits per heavy atom. The molecule has 32 heavy (non-hydrogen) atoms. The van der Waals surface area contributed by atoms with E-state index in [1.54, 1.807) is 13.2 Å². The number of halogens is 1. The van der Waals surface area contributed by atoms with Gasteiger partial charge in [-0.05, 0) is 61.8 Å². The molecule has 168 valence electrons. The highest BCUT2D eigenvalue weighted by atomic mass is 35.5. The van der Waals surface area contributed by atoms with Crippen LogP contribution in [0, 0.1) is 0 Å². The first-order valence-corrected chi connectivity index (χ1v) is 11.4. The van der Waals surface area contributed by atoms with Gasteiger partial charge in [-0.25, -0.2) is 0 Å². The van der Waals surface area contributed by atoms with Crippen LogP contribution >= 0.6 is 11.6 Å². The Kier molecular flexibility index (Phi) is 7.45. The smallest absolute Gasteiger partial charge is 0.273 e. The normalized spacial score (nSPS) is 15.7. The van der Waals surface area contributed by atoms with Crippen molar-refractivity contribution in [1.29, 1.82) is 0 Å². The third kappa shape index (κ3) is 5.31. The number of aromatic nitrogens is 1. The molecular formula is C25H28ClN3O3. The molecule has 7 heteroatoms. The molecule has 4 rings (SSSR count). The summed E-state index contributed by atoms with van der Waals surface area (Å²) in [7, 11) is 1.62. The van der Waals surface area contributed by atoms with Gasteiger partial charge < -0.3 is 14.6 Å². The third-order valence-corrected chi connectivity index (χ3v) is 6.26. The number of hydrogen-bond acceptors (Lipinski definition) is 5. The maximum absolute atomic E-state index is 12.9. The second-order valence-corrected chi connectivity index (χ2v) is 8.41. The minimum absolute atomic E-state index is 0.0127. The number of amides is 1. The predicted molar refractivity (Wildman–Crippen MR) is 125 cm³/mol. The summed E-state index contributed by atoms with van der Waals surface area (Å²) in [5, 5.41) is 7.74. The first-order chi connectivity index (χ1) is 15.7. The van der Waals surface area contributed by atoms with E-state index in [9.17, 15) is 4.79 Å². The molecule has 1 aromatic heterocycles. The van der Waals surface area contributed by atoms with Gasteiger partial charge in [-0.3, -0.25) is 9.69 Å². The van der Waals surface area contributed by atoms with Crippen LogP contribution in [0.3, 0.4) is 0 Å². The fourth-order valence-electron chi connectivity index (χ4n) is 4.14. The Bertz CT molecular complexity index is 1030. The number of nitrogens with one attached hydrogen (secondary N) is 1. The van der Waals surface area contributed by atoms with E-state index in [1.165, 1.54) is 12.8 Å². The molecule has 1 fully saturated rings. The third-order valence-electron chi connectivity index (χ3n) is 5.92. The van der Waals surface area contributed by atoms with Crippen LogP contribution in [-0.2, 0) is 0 Å². The largest absolute Gasteiger partial charge is 0.497 e. The zero-order chi connectivity index (χ0) is 22.3. The Labute approximate surface area is 193 Å². The maximum atomic E-state index is 12.9. The number of benzene rings is 2. The molecule has 1 saturated heterocycles. The molecule has 1 atom stereocenters. The van der Waals surface area contributed by atoms with Crippen molar-refractivity contribution in [1.82, 2.24) is 15.4 Å². The molecular weight excluding hydrogens is 426 g/mol. The fraction of sp³-hybridized carbons (Fsp3) is 0.360. The molecule has 0 saturated carbocycles. The predicted octanol–water partition coefficient (Wildman–Crippen LogP) is 5.35. The van der Waals surface area contributed by atoms with E-state index < -0.39 is 0 Å². The minimum atomic E-state index is -0.264. The van der Waals surface area contributed by atoms with Crippen molar-refractivity contribution in [2.75, 3.05) is 26.7 Å². The molecule has 1 aliphatic heterocycles. The molecule has 0 radical (unpaired) electrons. The van der Waals surface area contributed by atoms with Gasteiger partial charge in [-0.15, -0.1) is 0 Å². The zero-order valence-electron chi connectivity index (χ0n) is 18.2. The summed E-state index contributed by atoms with van der Waals surface area (Å²) in [6.45, 7) is 2.45. The van der Waals surface area contributed by atoms with Gasteiger partial charge in [0.25, 0.3) is 5.91 Å². The van der Waals surface area contributed by atoms with Crippen molar-refractivity contribution in [3.63, 3.8) is 0 Å². The second-order valence-electron chi connectivity index (χ2n) is 8.00. The van der Waals surface area contributed by atoms with Crippen LogP contribution < -0.4 is 10.1 Å². The summed E-state index contributed by atoms with van der Waals surface area (Å²) in [6.07, 6.45) is 4.79. The highest BCUT2D eigenvalue weighted by Gasteiger charge is 2.25. The van der Waals surface area contributed by atoms with Gasteiger partial charge >= 0.3 is 0 Å². The number of carbonyl (C=O) groups is 1. The number of hydrogen-bond donors (Lipinski definition) is 1. The molecule has 0 bridgehead atoms. The average molecular weight is 454 g/mol. The van der Waals surface area contributed by atoms with Crippen LogP contribution in [0.1, 0.15) is 47.8 Å². The highest BCUT2D eigenvalue weighted by Crippen LogP contribution is 2.29. The first-order valence-electron chi connectivity index (χ1n) is 11.0. The zero-order valence-corrected chi connectivity index (χ0v) is 19.0. The minimum Gasteiger partial charge on any atom is -0.497 e. The lowest BCUT2D eigenvalue weighted by molar-refractivity contribution is 0.0924. The van der Waals surface area contributed by atoms with Gasteiger partial charge in [0.05, 0.1) is 13.2 Å². The van der Waals surface area contributed by atoms with E-state index in [2.05, 4.69) is 15.4 Å². The topological polar surface area (TPSA) is 67.6 Å². The van der Waals surface area contributed by atoms with Crippen molar-refractivity contribution in [3.8, 4) is 17.1 Å². The quantitative estimate of drug-likeness (QED) is 0.522. The molecule has 2 aromatic carbocycles. The summed E-state index contributed by atoms with van der Waals surface area (Å²) >= 11 is 6.53. The van der Waals surface area contributed by atoms with Crippen LogP contribution in [0.5, 0.6) is 5.75 Å². The SMILES string of the molecule is COc1ccc(-c2cc(C(=O)NC[C@H](c3ccccc3Cl)N3CCCCCC3)no2)cc1. The number of likely N-dealkylation sites (tertiary alicyclic amines) is 1. The highest BCUT2D eigenvalue weighted by molar-refractivity contribution is 6.31. The molecule has 0 aliphatic carbocycles. The van der Waals surface area contributed by atoms with Crippen molar-refractivity contribution < 1.29 is 14.1 Å². The van der Waals surface area contributed by atoms with Gasteiger partial charge in [0.15, 0.2) is 11.5 Å². The van der Waals surface area contributed by atoms with Gasteiger partial charge in [-0.2, -0.15) is 0 Å². The van der Waals surface area contributed by atoms with Crippen molar-refractivity contribution >= 4 is 17.5 Å². The van der Waals surface area contributed by atoms with Crippen molar-refractivity contribution in [2.24, 2.45) is 0 Å².